The highest BCUT2D eigenvalue weighted by Crippen LogP contribution is 2.29. The molecule has 0 saturated carbocycles. The van der Waals surface area contributed by atoms with Crippen molar-refractivity contribution in [3.63, 3.8) is 0 Å². The summed E-state index contributed by atoms with van der Waals surface area (Å²) in [5.41, 5.74) is 4.79. The molecule has 4 heteroatoms. The Labute approximate surface area is 181 Å². The van der Waals surface area contributed by atoms with Gasteiger partial charge in [0, 0.05) is 3.57 Å². The fourth-order valence-corrected chi connectivity index (χ4v) is 3.42. The molecule has 0 radical (unpaired) electrons. The van der Waals surface area contributed by atoms with E-state index in [-0.39, 0.29) is 0 Å². The Bertz CT molecular complexity index is 1000. The Kier molecular flexibility index (Phi) is 6.70. The highest BCUT2D eigenvalue weighted by Gasteiger charge is 2.05. The number of ether oxygens (including phenoxy) is 1. The fraction of sp³-hybridized carbons (Fsp3) is 0.0870. The van der Waals surface area contributed by atoms with Gasteiger partial charge in [0.25, 0.3) is 0 Å². The summed E-state index contributed by atoms with van der Waals surface area (Å²) < 4.78 is 7.98. The lowest BCUT2D eigenvalue weighted by Crippen LogP contribution is -1.96. The molecule has 0 atom stereocenters. The van der Waals surface area contributed by atoms with Crippen molar-refractivity contribution in [3.05, 3.63) is 97.0 Å². The summed E-state index contributed by atoms with van der Waals surface area (Å²) in [6, 6.07) is 24.4. The van der Waals surface area contributed by atoms with Crippen molar-refractivity contribution < 1.29 is 4.74 Å². The van der Waals surface area contributed by atoms with E-state index in [1.807, 2.05) is 55.5 Å². The maximum Gasteiger partial charge on any atom is 0.134 e. The third kappa shape index (κ3) is 5.44. The minimum Gasteiger partial charge on any atom is -0.488 e. The van der Waals surface area contributed by atoms with Crippen LogP contribution >= 0.6 is 38.5 Å². The summed E-state index contributed by atoms with van der Waals surface area (Å²) in [4.78, 5) is 0. The van der Waals surface area contributed by atoms with Crippen molar-refractivity contribution in [1.82, 2.24) is 0 Å². The molecule has 0 saturated heterocycles. The van der Waals surface area contributed by atoms with Gasteiger partial charge >= 0.3 is 0 Å². The Morgan fingerprint density at radius 3 is 2.41 bits per heavy atom. The monoisotopic (exact) mass is 529 g/mol. The van der Waals surface area contributed by atoms with Gasteiger partial charge in [0.05, 0.1) is 16.1 Å². The second-order valence-corrected chi connectivity index (χ2v) is 8.24. The van der Waals surface area contributed by atoms with Gasteiger partial charge in [-0.3, -0.25) is 0 Å². The summed E-state index contributed by atoms with van der Waals surface area (Å²) in [6.07, 6.45) is 1.89. The number of aryl methyl sites for hydroxylation is 1. The topological polar surface area (TPSA) is 33.0 Å². The van der Waals surface area contributed by atoms with Crippen molar-refractivity contribution >= 4 is 50.2 Å². The van der Waals surface area contributed by atoms with Gasteiger partial charge < -0.3 is 4.74 Å². The highest BCUT2D eigenvalue weighted by molar-refractivity contribution is 14.1. The normalized spacial score (nSPS) is 11.1. The molecule has 3 rings (SSSR count). The first-order valence-electron chi connectivity index (χ1n) is 8.41. The number of allylic oxidation sites excluding steroid dienone is 1. The molecule has 3 aromatic carbocycles. The quantitative estimate of drug-likeness (QED) is 0.202. The standard InChI is InChI=1S/C23H17BrINO/c1-16-2-7-19(8-3-16)20(14-26)12-18-6-11-23(22(24)13-18)27-15-17-4-9-21(25)10-5-17/h2-13H,15H2,1H3/b20-12-. The second-order valence-electron chi connectivity index (χ2n) is 6.14. The van der Waals surface area contributed by atoms with Crippen LogP contribution in [-0.2, 0) is 6.61 Å². The molecule has 0 fully saturated rings. The van der Waals surface area contributed by atoms with Crippen molar-refractivity contribution in [3.8, 4) is 11.8 Å². The maximum absolute atomic E-state index is 9.51. The van der Waals surface area contributed by atoms with Crippen molar-refractivity contribution in [1.29, 1.82) is 5.26 Å². The van der Waals surface area contributed by atoms with Crippen LogP contribution in [0.15, 0.2) is 71.2 Å². The summed E-state index contributed by atoms with van der Waals surface area (Å²) >= 11 is 5.86. The molecule has 0 aliphatic heterocycles. The first-order chi connectivity index (χ1) is 13.0. The molecule has 0 unspecified atom stereocenters. The van der Waals surface area contributed by atoms with Gasteiger partial charge in [0.1, 0.15) is 12.4 Å². The maximum atomic E-state index is 9.51. The first kappa shape index (κ1) is 19.7. The third-order valence-corrected chi connectivity index (χ3v) is 5.40. The zero-order chi connectivity index (χ0) is 19.2. The van der Waals surface area contributed by atoms with E-state index >= 15 is 0 Å². The van der Waals surface area contributed by atoms with E-state index in [4.69, 9.17) is 4.74 Å². The van der Waals surface area contributed by atoms with Gasteiger partial charge in [-0.05, 0) is 92.5 Å². The van der Waals surface area contributed by atoms with Crippen molar-refractivity contribution in [2.45, 2.75) is 13.5 Å². The van der Waals surface area contributed by atoms with Crippen LogP contribution in [0.4, 0.5) is 0 Å². The van der Waals surface area contributed by atoms with Crippen LogP contribution in [0.1, 0.15) is 22.3 Å². The molecule has 0 N–H and O–H groups in total. The predicted molar refractivity (Wildman–Crippen MR) is 122 cm³/mol. The van der Waals surface area contributed by atoms with Crippen LogP contribution in [0.5, 0.6) is 5.75 Å². The predicted octanol–water partition coefficient (Wildman–Crippen LogP) is 7.01. The lowest BCUT2D eigenvalue weighted by Gasteiger charge is -2.09. The number of hydrogen-bond acceptors (Lipinski definition) is 2. The Morgan fingerprint density at radius 2 is 1.78 bits per heavy atom. The zero-order valence-corrected chi connectivity index (χ0v) is 18.5. The van der Waals surface area contributed by atoms with Gasteiger partial charge in [-0.1, -0.05) is 48.0 Å². The van der Waals surface area contributed by atoms with Gasteiger partial charge in [0.2, 0.25) is 0 Å². The lowest BCUT2D eigenvalue weighted by molar-refractivity contribution is 0.304. The van der Waals surface area contributed by atoms with E-state index < -0.39 is 0 Å². The van der Waals surface area contributed by atoms with Gasteiger partial charge in [0.15, 0.2) is 0 Å². The molecule has 0 bridgehead atoms. The lowest BCUT2D eigenvalue weighted by atomic mass is 10.0. The summed E-state index contributed by atoms with van der Waals surface area (Å²) in [7, 11) is 0. The van der Waals surface area contributed by atoms with Crippen LogP contribution in [0.3, 0.4) is 0 Å². The summed E-state index contributed by atoms with van der Waals surface area (Å²) in [5, 5.41) is 9.51. The fourth-order valence-electron chi connectivity index (χ4n) is 2.55. The smallest absolute Gasteiger partial charge is 0.134 e. The van der Waals surface area contributed by atoms with Crippen LogP contribution < -0.4 is 4.74 Å². The molecular weight excluding hydrogens is 513 g/mol. The Morgan fingerprint density at radius 1 is 1.07 bits per heavy atom. The minimum absolute atomic E-state index is 0.511. The number of hydrogen-bond donors (Lipinski definition) is 0. The molecule has 0 spiro atoms. The third-order valence-electron chi connectivity index (χ3n) is 4.06. The Hall–Kier alpha value is -2.10. The van der Waals surface area contributed by atoms with Gasteiger partial charge in [-0.25, -0.2) is 0 Å². The molecule has 27 heavy (non-hydrogen) atoms. The SMILES string of the molecule is Cc1ccc(/C(C#N)=C\c2ccc(OCc3ccc(I)cc3)c(Br)c2)cc1. The van der Waals surface area contributed by atoms with Crippen molar-refractivity contribution in [2.24, 2.45) is 0 Å². The minimum atomic E-state index is 0.511. The second kappa shape index (κ2) is 9.20. The first-order valence-corrected chi connectivity index (χ1v) is 10.3. The van der Waals surface area contributed by atoms with E-state index in [1.165, 1.54) is 9.13 Å². The number of rotatable bonds is 5. The number of nitrogens with zero attached hydrogens (tertiary/aromatic N) is 1. The zero-order valence-electron chi connectivity index (χ0n) is 14.7. The highest BCUT2D eigenvalue weighted by atomic mass is 127. The molecule has 0 amide bonds. The van der Waals surface area contributed by atoms with Gasteiger partial charge in [-0.2, -0.15) is 5.26 Å². The number of benzene rings is 3. The number of nitriles is 1. The molecule has 134 valence electrons. The molecule has 3 aromatic rings. The molecular formula is C23H17BrINO. The average Bonchev–Trinajstić information content (AvgIpc) is 2.67. The van der Waals surface area contributed by atoms with Crippen LogP contribution in [-0.4, -0.2) is 0 Å². The molecule has 0 aliphatic rings. The summed E-state index contributed by atoms with van der Waals surface area (Å²) in [5.74, 6) is 0.777. The Balaban J connectivity index is 1.76. The molecule has 0 heterocycles. The van der Waals surface area contributed by atoms with Crippen LogP contribution in [0, 0.1) is 21.8 Å². The van der Waals surface area contributed by atoms with E-state index in [0.717, 1.165) is 26.9 Å². The van der Waals surface area contributed by atoms with Crippen molar-refractivity contribution in [2.75, 3.05) is 0 Å². The van der Waals surface area contributed by atoms with E-state index in [0.29, 0.717) is 12.2 Å². The molecule has 0 aromatic heterocycles. The van der Waals surface area contributed by atoms with Gasteiger partial charge in [-0.15, -0.1) is 0 Å². The van der Waals surface area contributed by atoms with Crippen LogP contribution in [0.25, 0.3) is 11.6 Å². The largest absolute Gasteiger partial charge is 0.488 e. The number of halogens is 2. The molecule has 2 nitrogen and oxygen atoms in total. The van der Waals surface area contributed by atoms with E-state index in [9.17, 15) is 5.26 Å². The van der Waals surface area contributed by atoms with E-state index in [2.05, 4.69) is 68.9 Å². The average molecular weight is 530 g/mol. The van der Waals surface area contributed by atoms with Crippen LogP contribution in [0.2, 0.25) is 0 Å². The molecule has 0 aliphatic carbocycles. The summed E-state index contributed by atoms with van der Waals surface area (Å²) in [6.45, 7) is 2.54. The van der Waals surface area contributed by atoms with E-state index in [1.54, 1.807) is 0 Å².